The summed E-state index contributed by atoms with van der Waals surface area (Å²) in [6.45, 7) is 24.4. The normalized spacial score (nSPS) is 51.1. The molecule has 10 atom stereocenters. The van der Waals surface area contributed by atoms with Crippen LogP contribution in [0.5, 0.6) is 0 Å². The number of hydrogen-bond acceptors (Lipinski definition) is 2. The fourth-order valence-electron chi connectivity index (χ4n) is 11.4. The number of rotatable bonds is 2. The van der Waals surface area contributed by atoms with Gasteiger partial charge >= 0.3 is 5.97 Å². The molecular formula is C35H56O2. The smallest absolute Gasteiger partial charge is 0.333 e. The maximum absolute atomic E-state index is 12.7. The van der Waals surface area contributed by atoms with Crippen molar-refractivity contribution in [2.24, 2.45) is 56.7 Å². The largest absolute Gasteiger partial charge is 0.458 e. The molecule has 0 unspecified atom stereocenters. The summed E-state index contributed by atoms with van der Waals surface area (Å²) in [4.78, 5) is 12.7. The predicted molar refractivity (Wildman–Crippen MR) is 154 cm³/mol. The van der Waals surface area contributed by atoms with Crippen molar-refractivity contribution >= 4 is 5.97 Å². The predicted octanol–water partition coefficient (Wildman–Crippen LogP) is 9.54. The molecule has 0 bridgehead atoms. The van der Waals surface area contributed by atoms with Gasteiger partial charge in [0.1, 0.15) is 6.10 Å². The first-order chi connectivity index (χ1) is 17.2. The average Bonchev–Trinajstić information content (AvgIpc) is 2.83. The van der Waals surface area contributed by atoms with Crippen LogP contribution >= 0.6 is 0 Å². The fraction of sp³-hybridized carbons (Fsp3) is 0.857. The van der Waals surface area contributed by atoms with Gasteiger partial charge in [-0.2, -0.15) is 0 Å². The SMILES string of the molecule is C/C=C(\C)C(=O)O[C@H]1CC[C@]2(C)[C@H]3CC=C4[C@@H]5[C@@H](C)[C@H](C)CC[C@]5(C)CC[C@@]4(C)[C@]3(C)CC[C@H]2C1(C)C. The Morgan fingerprint density at radius 1 is 0.919 bits per heavy atom. The molecule has 0 aromatic heterocycles. The minimum absolute atomic E-state index is 0.00135. The monoisotopic (exact) mass is 508 g/mol. The highest BCUT2D eigenvalue weighted by molar-refractivity contribution is 5.87. The molecule has 0 aromatic carbocycles. The molecule has 0 aromatic rings. The molecule has 4 fully saturated rings. The molecule has 2 heteroatoms. The van der Waals surface area contributed by atoms with E-state index in [1.165, 1.54) is 51.4 Å². The lowest BCUT2D eigenvalue weighted by Crippen LogP contribution is -2.65. The van der Waals surface area contributed by atoms with Gasteiger partial charge in [0.2, 0.25) is 0 Å². The Balaban J connectivity index is 1.49. The number of carbonyl (C=O) groups excluding carboxylic acids is 1. The van der Waals surface area contributed by atoms with Crippen LogP contribution in [0.3, 0.4) is 0 Å². The van der Waals surface area contributed by atoms with Crippen LogP contribution in [0.15, 0.2) is 23.3 Å². The van der Waals surface area contributed by atoms with Crippen molar-refractivity contribution in [2.45, 2.75) is 133 Å². The Labute approximate surface area is 228 Å². The number of ether oxygens (including phenoxy) is 1. The van der Waals surface area contributed by atoms with E-state index in [4.69, 9.17) is 4.74 Å². The fourth-order valence-corrected chi connectivity index (χ4v) is 11.4. The summed E-state index contributed by atoms with van der Waals surface area (Å²) < 4.78 is 6.19. The maximum atomic E-state index is 12.7. The van der Waals surface area contributed by atoms with E-state index < -0.39 is 0 Å². The molecule has 0 aliphatic heterocycles. The van der Waals surface area contributed by atoms with Gasteiger partial charge in [-0.25, -0.2) is 4.79 Å². The van der Waals surface area contributed by atoms with Crippen LogP contribution in [0.2, 0.25) is 0 Å². The van der Waals surface area contributed by atoms with Gasteiger partial charge in [0, 0.05) is 11.0 Å². The van der Waals surface area contributed by atoms with Crippen molar-refractivity contribution in [3.8, 4) is 0 Å². The van der Waals surface area contributed by atoms with Crippen LogP contribution in [-0.4, -0.2) is 12.1 Å². The summed E-state index contributed by atoms with van der Waals surface area (Å²) in [5.41, 5.74) is 4.06. The molecule has 0 saturated heterocycles. The second-order valence-electron chi connectivity index (χ2n) is 16.0. The quantitative estimate of drug-likeness (QED) is 0.211. The first kappa shape index (κ1) is 27.5. The van der Waals surface area contributed by atoms with E-state index in [9.17, 15) is 4.79 Å². The third kappa shape index (κ3) is 3.65. The van der Waals surface area contributed by atoms with Crippen molar-refractivity contribution in [1.29, 1.82) is 0 Å². The van der Waals surface area contributed by atoms with E-state index in [-0.39, 0.29) is 17.5 Å². The van der Waals surface area contributed by atoms with Gasteiger partial charge in [-0.3, -0.25) is 0 Å². The molecule has 0 radical (unpaired) electrons. The van der Waals surface area contributed by atoms with Crippen molar-refractivity contribution in [3.63, 3.8) is 0 Å². The first-order valence-corrected chi connectivity index (χ1v) is 15.7. The molecule has 5 rings (SSSR count). The van der Waals surface area contributed by atoms with E-state index in [0.717, 1.165) is 29.7 Å². The Morgan fingerprint density at radius 2 is 1.62 bits per heavy atom. The highest BCUT2D eigenvalue weighted by Crippen LogP contribution is 2.75. The van der Waals surface area contributed by atoms with Crippen LogP contribution < -0.4 is 0 Å². The molecule has 37 heavy (non-hydrogen) atoms. The van der Waals surface area contributed by atoms with E-state index in [1.54, 1.807) is 0 Å². The number of esters is 1. The number of allylic oxidation sites excluding steroid dienone is 3. The van der Waals surface area contributed by atoms with Crippen LogP contribution in [0.4, 0.5) is 0 Å². The second-order valence-corrected chi connectivity index (χ2v) is 16.0. The Hall–Kier alpha value is -1.05. The zero-order valence-corrected chi connectivity index (χ0v) is 25.8. The van der Waals surface area contributed by atoms with E-state index in [2.05, 4.69) is 61.5 Å². The summed E-state index contributed by atoms with van der Waals surface area (Å²) in [6, 6.07) is 0. The minimum atomic E-state index is -0.122. The highest BCUT2D eigenvalue weighted by atomic mass is 16.5. The number of carbonyl (C=O) groups is 1. The summed E-state index contributed by atoms with van der Waals surface area (Å²) in [5.74, 6) is 3.58. The van der Waals surface area contributed by atoms with E-state index in [0.29, 0.717) is 33.5 Å². The number of fused-ring (bicyclic) bond motifs is 7. The second kappa shape index (κ2) is 8.72. The summed E-state index contributed by atoms with van der Waals surface area (Å²) in [5, 5.41) is 0. The summed E-state index contributed by atoms with van der Waals surface area (Å²) >= 11 is 0. The van der Waals surface area contributed by atoms with Crippen molar-refractivity contribution in [1.82, 2.24) is 0 Å². The van der Waals surface area contributed by atoms with Crippen molar-refractivity contribution in [3.05, 3.63) is 23.3 Å². The molecular weight excluding hydrogens is 452 g/mol. The van der Waals surface area contributed by atoms with Crippen LogP contribution in [0.1, 0.15) is 127 Å². The van der Waals surface area contributed by atoms with Gasteiger partial charge in [-0.1, -0.05) is 73.1 Å². The lowest BCUT2D eigenvalue weighted by molar-refractivity contribution is -0.211. The number of hydrogen-bond donors (Lipinski definition) is 0. The average molecular weight is 509 g/mol. The van der Waals surface area contributed by atoms with Gasteiger partial charge in [-0.05, 0) is 123 Å². The van der Waals surface area contributed by atoms with E-state index in [1.807, 2.05) is 25.5 Å². The van der Waals surface area contributed by atoms with Crippen LogP contribution in [0.25, 0.3) is 0 Å². The van der Waals surface area contributed by atoms with E-state index >= 15 is 0 Å². The standard InChI is InChI=1S/C35H56O2/c1-11-22(2)30(36)37-28-16-18-33(8)26(31(28,5)6)15-19-35(10)27(33)13-12-25-29-24(4)23(3)14-17-32(29,7)20-21-34(25,35)9/h11-12,23-24,26-29H,13-21H2,1-10H3/b22-11+/t23-,24+,26+,27-,28+,29+,32-,33+,34-,35-/m1/s1. The molecule has 5 aliphatic carbocycles. The van der Waals surface area contributed by atoms with Gasteiger partial charge in [-0.15, -0.1) is 0 Å². The van der Waals surface area contributed by atoms with Gasteiger partial charge in [0.05, 0.1) is 0 Å². The molecule has 0 spiro atoms. The molecule has 2 nitrogen and oxygen atoms in total. The van der Waals surface area contributed by atoms with Gasteiger partial charge in [0.25, 0.3) is 0 Å². The molecule has 0 heterocycles. The summed E-state index contributed by atoms with van der Waals surface area (Å²) in [7, 11) is 0. The third-order valence-electron chi connectivity index (χ3n) is 14.3. The Morgan fingerprint density at radius 3 is 2.30 bits per heavy atom. The van der Waals surface area contributed by atoms with Crippen molar-refractivity contribution < 1.29 is 9.53 Å². The van der Waals surface area contributed by atoms with Crippen molar-refractivity contribution in [2.75, 3.05) is 0 Å². The topological polar surface area (TPSA) is 26.3 Å². The zero-order valence-electron chi connectivity index (χ0n) is 25.8. The lowest BCUT2D eigenvalue weighted by atomic mass is 9.33. The zero-order chi connectivity index (χ0) is 27.2. The van der Waals surface area contributed by atoms with Crippen LogP contribution in [-0.2, 0) is 9.53 Å². The maximum Gasteiger partial charge on any atom is 0.333 e. The lowest BCUT2D eigenvalue weighted by Gasteiger charge is -2.71. The third-order valence-corrected chi connectivity index (χ3v) is 14.3. The molecule has 208 valence electrons. The van der Waals surface area contributed by atoms with Gasteiger partial charge < -0.3 is 4.74 Å². The molecule has 4 saturated carbocycles. The molecule has 5 aliphatic rings. The summed E-state index contributed by atoms with van der Waals surface area (Å²) in [6.07, 6.45) is 16.3. The first-order valence-electron chi connectivity index (χ1n) is 15.7. The Kier molecular flexibility index (Phi) is 6.49. The van der Waals surface area contributed by atoms with Crippen LogP contribution in [0, 0.1) is 56.7 Å². The minimum Gasteiger partial charge on any atom is -0.458 e. The van der Waals surface area contributed by atoms with Gasteiger partial charge in [0.15, 0.2) is 0 Å². The highest BCUT2D eigenvalue weighted by Gasteiger charge is 2.68. The molecule has 0 amide bonds. The Bertz CT molecular complexity index is 1000. The molecule has 0 N–H and O–H groups in total.